The van der Waals surface area contributed by atoms with E-state index in [1.807, 2.05) is 13.8 Å². The molecule has 132 valence electrons. The predicted octanol–water partition coefficient (Wildman–Crippen LogP) is -0.952. The number of aliphatic hydroxyl groups excluding tert-OH is 4. The summed E-state index contributed by atoms with van der Waals surface area (Å²) < 4.78 is 16.2. The minimum Gasteiger partial charge on any atom is -0.465 e. The number of hydrogen-bond acceptors (Lipinski definition) is 8. The fourth-order valence-corrected chi connectivity index (χ4v) is 2.86. The molecule has 1 fully saturated rings. The maximum Gasteiger partial charge on any atom is 0.337 e. The summed E-state index contributed by atoms with van der Waals surface area (Å²) in [7, 11) is 0. The highest BCUT2D eigenvalue weighted by Gasteiger charge is 2.46. The van der Waals surface area contributed by atoms with E-state index in [0.29, 0.717) is 12.2 Å². The molecule has 4 N–H and O–H groups in total. The van der Waals surface area contributed by atoms with Gasteiger partial charge in [-0.3, -0.25) is 0 Å². The number of aliphatic hydroxyl groups is 4. The minimum absolute atomic E-state index is 0.245. The van der Waals surface area contributed by atoms with Crippen LogP contribution in [0, 0.1) is 5.92 Å². The third kappa shape index (κ3) is 3.36. The Bertz CT molecular complexity index is 474. The topological polar surface area (TPSA) is 126 Å². The molecule has 0 spiro atoms. The lowest BCUT2D eigenvalue weighted by molar-refractivity contribution is -0.294. The number of carbonyl (C=O) groups is 1. The molecular formula is C15H24O8. The van der Waals surface area contributed by atoms with E-state index in [9.17, 15) is 25.2 Å². The Morgan fingerprint density at radius 3 is 2.35 bits per heavy atom. The maximum absolute atomic E-state index is 11.9. The van der Waals surface area contributed by atoms with E-state index in [-0.39, 0.29) is 17.6 Å². The quantitative estimate of drug-likeness (QED) is 0.486. The third-order valence-corrected chi connectivity index (χ3v) is 4.40. The molecule has 0 aromatic carbocycles. The van der Waals surface area contributed by atoms with Crippen LogP contribution in [-0.4, -0.2) is 69.8 Å². The van der Waals surface area contributed by atoms with Gasteiger partial charge in [0.1, 0.15) is 36.3 Å². The zero-order valence-electron chi connectivity index (χ0n) is 13.4. The second-order valence-corrected chi connectivity index (χ2v) is 5.95. The molecular weight excluding hydrogens is 308 g/mol. The number of carbonyl (C=O) groups excluding carboxylic acids is 1. The Labute approximate surface area is 134 Å². The minimum atomic E-state index is -1.53. The van der Waals surface area contributed by atoms with Gasteiger partial charge in [-0.15, -0.1) is 0 Å². The first kappa shape index (κ1) is 18.2. The molecule has 8 nitrogen and oxygen atoms in total. The molecule has 23 heavy (non-hydrogen) atoms. The van der Waals surface area contributed by atoms with Gasteiger partial charge in [-0.05, 0) is 13.3 Å². The van der Waals surface area contributed by atoms with Crippen molar-refractivity contribution in [2.24, 2.45) is 5.92 Å². The van der Waals surface area contributed by atoms with Crippen LogP contribution in [0.25, 0.3) is 0 Å². The molecule has 0 aromatic rings. The smallest absolute Gasteiger partial charge is 0.337 e. The van der Waals surface area contributed by atoms with E-state index in [1.165, 1.54) is 0 Å². The van der Waals surface area contributed by atoms with Crippen molar-refractivity contribution in [2.45, 2.75) is 64.0 Å². The average Bonchev–Trinajstić information content (AvgIpc) is 2.54. The summed E-state index contributed by atoms with van der Waals surface area (Å²) in [5, 5.41) is 38.8. The SMILES string of the molecule is CCC1OC(=O)C(C)=C(OC2OC(CO)C(O)C(O)C2O)C1C. The number of rotatable bonds is 4. The highest BCUT2D eigenvalue weighted by molar-refractivity contribution is 5.89. The summed E-state index contributed by atoms with van der Waals surface area (Å²) in [5.41, 5.74) is 0.263. The first-order valence-electron chi connectivity index (χ1n) is 7.70. The Morgan fingerprint density at radius 2 is 1.78 bits per heavy atom. The Hall–Kier alpha value is -1.19. The number of esters is 1. The summed E-state index contributed by atoms with van der Waals surface area (Å²) in [4.78, 5) is 11.9. The van der Waals surface area contributed by atoms with Gasteiger partial charge >= 0.3 is 5.97 Å². The lowest BCUT2D eigenvalue weighted by Crippen LogP contribution is -2.59. The van der Waals surface area contributed by atoms with Gasteiger partial charge < -0.3 is 34.6 Å². The predicted molar refractivity (Wildman–Crippen MR) is 76.9 cm³/mol. The largest absolute Gasteiger partial charge is 0.465 e. The van der Waals surface area contributed by atoms with Crippen LogP contribution in [0.3, 0.4) is 0 Å². The second kappa shape index (κ2) is 7.14. The van der Waals surface area contributed by atoms with Crippen molar-refractivity contribution in [1.29, 1.82) is 0 Å². The Kier molecular flexibility index (Phi) is 5.64. The molecule has 2 aliphatic heterocycles. The van der Waals surface area contributed by atoms with E-state index in [2.05, 4.69) is 0 Å². The summed E-state index contributed by atoms with van der Waals surface area (Å²) >= 11 is 0. The summed E-state index contributed by atoms with van der Waals surface area (Å²) in [6.07, 6.45) is -6.62. The van der Waals surface area contributed by atoms with Crippen molar-refractivity contribution in [1.82, 2.24) is 0 Å². The van der Waals surface area contributed by atoms with Gasteiger partial charge in [-0.1, -0.05) is 13.8 Å². The van der Waals surface area contributed by atoms with Crippen LogP contribution in [0.15, 0.2) is 11.3 Å². The van der Waals surface area contributed by atoms with Crippen molar-refractivity contribution in [3.8, 4) is 0 Å². The molecule has 0 aliphatic carbocycles. The molecule has 0 aromatic heterocycles. The zero-order chi connectivity index (χ0) is 17.3. The van der Waals surface area contributed by atoms with Crippen LogP contribution in [-0.2, 0) is 19.0 Å². The van der Waals surface area contributed by atoms with Crippen LogP contribution < -0.4 is 0 Å². The number of cyclic esters (lactones) is 1. The lowest BCUT2D eigenvalue weighted by Gasteiger charge is -2.41. The van der Waals surface area contributed by atoms with Crippen LogP contribution in [0.5, 0.6) is 0 Å². The van der Waals surface area contributed by atoms with E-state index in [1.54, 1.807) is 6.92 Å². The third-order valence-electron chi connectivity index (χ3n) is 4.40. The molecule has 0 bridgehead atoms. The molecule has 8 heteroatoms. The van der Waals surface area contributed by atoms with Crippen LogP contribution in [0.2, 0.25) is 0 Å². The van der Waals surface area contributed by atoms with Crippen LogP contribution >= 0.6 is 0 Å². The molecule has 0 radical (unpaired) electrons. The molecule has 0 amide bonds. The summed E-state index contributed by atoms with van der Waals surface area (Å²) in [6, 6.07) is 0. The van der Waals surface area contributed by atoms with Crippen molar-refractivity contribution in [3.05, 3.63) is 11.3 Å². The van der Waals surface area contributed by atoms with Gasteiger partial charge in [0.25, 0.3) is 0 Å². The Morgan fingerprint density at radius 1 is 1.13 bits per heavy atom. The first-order valence-corrected chi connectivity index (χ1v) is 7.70. The van der Waals surface area contributed by atoms with Gasteiger partial charge in [0.05, 0.1) is 18.1 Å². The zero-order valence-corrected chi connectivity index (χ0v) is 13.4. The van der Waals surface area contributed by atoms with Gasteiger partial charge in [-0.2, -0.15) is 0 Å². The van der Waals surface area contributed by atoms with E-state index in [0.717, 1.165) is 0 Å². The monoisotopic (exact) mass is 332 g/mol. The van der Waals surface area contributed by atoms with Crippen molar-refractivity contribution < 1.29 is 39.4 Å². The molecule has 7 unspecified atom stereocenters. The van der Waals surface area contributed by atoms with Crippen LogP contribution in [0.4, 0.5) is 0 Å². The number of ether oxygens (including phenoxy) is 3. The summed E-state index contributed by atoms with van der Waals surface area (Å²) in [5.74, 6) is -0.433. The fraction of sp³-hybridized carbons (Fsp3) is 0.800. The molecule has 0 saturated carbocycles. The van der Waals surface area contributed by atoms with Gasteiger partial charge in [0, 0.05) is 0 Å². The summed E-state index contributed by atoms with van der Waals surface area (Å²) in [6.45, 7) is 4.70. The molecule has 2 aliphatic rings. The van der Waals surface area contributed by atoms with Crippen molar-refractivity contribution >= 4 is 5.97 Å². The average molecular weight is 332 g/mol. The van der Waals surface area contributed by atoms with Gasteiger partial charge in [0.15, 0.2) is 0 Å². The van der Waals surface area contributed by atoms with Gasteiger partial charge in [-0.25, -0.2) is 4.79 Å². The van der Waals surface area contributed by atoms with Crippen LogP contribution in [0.1, 0.15) is 27.2 Å². The highest BCUT2D eigenvalue weighted by atomic mass is 16.7. The molecule has 1 saturated heterocycles. The highest BCUT2D eigenvalue weighted by Crippen LogP contribution is 2.33. The maximum atomic E-state index is 11.9. The van der Waals surface area contributed by atoms with E-state index >= 15 is 0 Å². The fourth-order valence-electron chi connectivity index (χ4n) is 2.86. The molecule has 2 heterocycles. The standard InChI is InChI=1S/C15H24O8/c1-4-8-6(2)13(7(3)14(20)21-8)23-15-12(19)11(18)10(17)9(5-16)22-15/h6,8-12,15-19H,4-5H2,1-3H3. The van der Waals surface area contributed by atoms with Gasteiger partial charge in [0.2, 0.25) is 6.29 Å². The second-order valence-electron chi connectivity index (χ2n) is 5.95. The normalized spacial score (nSPS) is 41.7. The van der Waals surface area contributed by atoms with Crippen molar-refractivity contribution in [2.75, 3.05) is 6.61 Å². The number of hydrogen-bond donors (Lipinski definition) is 4. The Balaban J connectivity index is 2.22. The molecule has 7 atom stereocenters. The van der Waals surface area contributed by atoms with Crippen molar-refractivity contribution in [3.63, 3.8) is 0 Å². The lowest BCUT2D eigenvalue weighted by atomic mass is 9.94. The first-order chi connectivity index (χ1) is 10.8. The van der Waals surface area contributed by atoms with E-state index in [4.69, 9.17) is 14.2 Å². The van der Waals surface area contributed by atoms with E-state index < -0.39 is 43.3 Å². The molecule has 2 rings (SSSR count).